The molecule has 2 aromatic heterocycles. The molecule has 2 N–H and O–H groups in total. The third kappa shape index (κ3) is 6.90. The van der Waals surface area contributed by atoms with Crippen LogP contribution in [0.2, 0.25) is 0 Å². The molecule has 0 saturated carbocycles. The molecule has 2 aromatic carbocycles. The molecule has 1 aliphatic rings. The Balaban J connectivity index is 1.38. The highest BCUT2D eigenvalue weighted by Gasteiger charge is 2.30. The topological polar surface area (TPSA) is 134 Å². The van der Waals surface area contributed by atoms with Crippen molar-refractivity contribution in [2.75, 3.05) is 26.1 Å². The van der Waals surface area contributed by atoms with Gasteiger partial charge in [-0.2, -0.15) is 0 Å². The average Bonchev–Trinajstić information content (AvgIpc) is 3.75. The fourth-order valence-corrected chi connectivity index (χ4v) is 7.43. The summed E-state index contributed by atoms with van der Waals surface area (Å²) in [6.45, 7) is 7.87. The van der Waals surface area contributed by atoms with E-state index in [9.17, 15) is 14.4 Å². The first-order valence-electron chi connectivity index (χ1n) is 15.0. The number of ether oxygens (including phenoxy) is 3. The minimum atomic E-state index is -0.589. The quantitative estimate of drug-likeness (QED) is 0.145. The van der Waals surface area contributed by atoms with Gasteiger partial charge in [-0.05, 0) is 87.9 Å². The number of benzene rings is 2. The summed E-state index contributed by atoms with van der Waals surface area (Å²) in [5, 5.41) is 15.2. The molecular formula is C33H37N5O6S2. The number of hydrogen-bond acceptors (Lipinski definition) is 10. The number of thioether (sulfide) groups is 1. The Morgan fingerprint density at radius 2 is 1.83 bits per heavy atom. The molecule has 13 heteroatoms. The van der Waals surface area contributed by atoms with Crippen LogP contribution in [0, 0.1) is 13.8 Å². The third-order valence-electron chi connectivity index (χ3n) is 7.65. The van der Waals surface area contributed by atoms with Crippen LogP contribution in [0.15, 0.2) is 41.6 Å². The number of carbonyl (C=O) groups excluding carboxylic acids is 3. The molecule has 5 rings (SSSR count). The Morgan fingerprint density at radius 1 is 1.04 bits per heavy atom. The minimum absolute atomic E-state index is 0.0817. The maximum Gasteiger partial charge on any atom is 0.341 e. The van der Waals surface area contributed by atoms with Gasteiger partial charge in [0.05, 0.1) is 43.9 Å². The van der Waals surface area contributed by atoms with Crippen LogP contribution in [-0.2, 0) is 28.9 Å². The van der Waals surface area contributed by atoms with Gasteiger partial charge in [-0.15, -0.1) is 21.5 Å². The van der Waals surface area contributed by atoms with Crippen LogP contribution in [-0.4, -0.2) is 58.6 Å². The first-order valence-corrected chi connectivity index (χ1v) is 16.7. The first kappa shape index (κ1) is 33.0. The van der Waals surface area contributed by atoms with Crippen LogP contribution in [0.1, 0.15) is 68.4 Å². The Kier molecular flexibility index (Phi) is 10.3. The molecule has 1 aliphatic carbocycles. The number of carbonyl (C=O) groups is 3. The maximum atomic E-state index is 13.5. The minimum Gasteiger partial charge on any atom is -0.493 e. The van der Waals surface area contributed by atoms with E-state index in [0.29, 0.717) is 38.6 Å². The fourth-order valence-electron chi connectivity index (χ4n) is 5.27. The molecule has 0 bridgehead atoms. The molecule has 46 heavy (non-hydrogen) atoms. The summed E-state index contributed by atoms with van der Waals surface area (Å²) in [5.41, 5.74) is 4.70. The summed E-state index contributed by atoms with van der Waals surface area (Å²) in [6.07, 6.45) is 2.67. The predicted octanol–water partition coefficient (Wildman–Crippen LogP) is 5.68. The van der Waals surface area contributed by atoms with Crippen molar-refractivity contribution in [1.29, 1.82) is 0 Å². The highest BCUT2D eigenvalue weighted by molar-refractivity contribution is 8.00. The van der Waals surface area contributed by atoms with Gasteiger partial charge in [0.2, 0.25) is 5.91 Å². The van der Waals surface area contributed by atoms with E-state index in [0.717, 1.165) is 46.5 Å². The smallest absolute Gasteiger partial charge is 0.341 e. The van der Waals surface area contributed by atoms with E-state index in [1.54, 1.807) is 32.0 Å². The maximum absolute atomic E-state index is 13.5. The molecule has 4 aromatic rings. The van der Waals surface area contributed by atoms with Gasteiger partial charge in [-0.1, -0.05) is 23.9 Å². The Hall–Kier alpha value is -4.36. The van der Waals surface area contributed by atoms with Gasteiger partial charge in [-0.25, -0.2) is 4.79 Å². The Labute approximate surface area is 276 Å². The summed E-state index contributed by atoms with van der Waals surface area (Å²) in [6, 6.07) is 11.0. The van der Waals surface area contributed by atoms with Crippen LogP contribution in [0.5, 0.6) is 11.5 Å². The molecule has 11 nitrogen and oxygen atoms in total. The van der Waals surface area contributed by atoms with Crippen LogP contribution in [0.3, 0.4) is 0 Å². The predicted molar refractivity (Wildman–Crippen MR) is 178 cm³/mol. The van der Waals surface area contributed by atoms with Crippen molar-refractivity contribution in [2.24, 2.45) is 0 Å². The summed E-state index contributed by atoms with van der Waals surface area (Å²) in [7, 11) is 3.05. The van der Waals surface area contributed by atoms with E-state index in [1.807, 2.05) is 36.6 Å². The second kappa shape index (κ2) is 14.4. The number of hydrogen-bond donors (Lipinski definition) is 2. The number of nitrogens with zero attached hydrogens (tertiary/aromatic N) is 3. The molecule has 0 fully saturated rings. The normalized spacial score (nSPS) is 12.7. The van der Waals surface area contributed by atoms with Crippen molar-refractivity contribution in [1.82, 2.24) is 20.1 Å². The number of fused-ring (bicyclic) bond motifs is 1. The van der Waals surface area contributed by atoms with E-state index in [1.165, 1.54) is 37.3 Å². The van der Waals surface area contributed by atoms with Crippen molar-refractivity contribution in [3.05, 3.63) is 74.9 Å². The molecular weight excluding hydrogens is 627 g/mol. The third-order valence-corrected chi connectivity index (χ3v) is 9.90. The van der Waals surface area contributed by atoms with Crippen LogP contribution in [0.4, 0.5) is 5.00 Å². The van der Waals surface area contributed by atoms with Gasteiger partial charge in [0.25, 0.3) is 5.91 Å². The average molecular weight is 664 g/mol. The number of nitrogens with one attached hydrogen (secondary N) is 2. The first-order chi connectivity index (χ1) is 22.1. The molecule has 0 saturated heterocycles. The number of thiophene rings is 1. The molecule has 0 radical (unpaired) electrons. The van der Waals surface area contributed by atoms with Gasteiger partial charge in [0, 0.05) is 10.4 Å². The van der Waals surface area contributed by atoms with Crippen molar-refractivity contribution in [3.8, 4) is 17.2 Å². The standard InChI is InChI=1S/C33H37N5O6S2/c1-7-44-32(41)28-22-9-8-10-26(22)46-31(28)35-29(39)20(4)45-33-37-36-27(38(33)23-15-18(2)11-12-19(23)3)17-34-30(40)21-13-14-24(42-5)25(16-21)43-6/h11-16,20H,7-10,17H2,1-6H3,(H,34,40)(H,35,39). The highest BCUT2D eigenvalue weighted by atomic mass is 32.2. The second-order valence-corrected chi connectivity index (χ2v) is 13.2. The number of aryl methyl sites for hydroxylation is 3. The zero-order valence-electron chi connectivity index (χ0n) is 26.7. The molecule has 242 valence electrons. The monoisotopic (exact) mass is 663 g/mol. The largest absolute Gasteiger partial charge is 0.493 e. The van der Waals surface area contributed by atoms with Gasteiger partial charge < -0.3 is 24.8 Å². The van der Waals surface area contributed by atoms with Crippen molar-refractivity contribution in [2.45, 2.75) is 63.9 Å². The lowest BCUT2D eigenvalue weighted by Gasteiger charge is -2.16. The molecule has 0 aliphatic heterocycles. The van der Waals surface area contributed by atoms with Crippen molar-refractivity contribution < 1.29 is 28.6 Å². The lowest BCUT2D eigenvalue weighted by atomic mass is 10.1. The van der Waals surface area contributed by atoms with Crippen molar-refractivity contribution >= 4 is 45.9 Å². The van der Waals surface area contributed by atoms with E-state index >= 15 is 0 Å². The summed E-state index contributed by atoms with van der Waals surface area (Å²) >= 11 is 2.69. The number of esters is 1. The lowest BCUT2D eigenvalue weighted by molar-refractivity contribution is -0.115. The lowest BCUT2D eigenvalue weighted by Crippen LogP contribution is -2.25. The number of rotatable bonds is 12. The molecule has 2 amide bonds. The Morgan fingerprint density at radius 3 is 2.57 bits per heavy atom. The van der Waals surface area contributed by atoms with E-state index in [4.69, 9.17) is 14.2 Å². The van der Waals surface area contributed by atoms with Gasteiger partial charge >= 0.3 is 5.97 Å². The number of methoxy groups -OCH3 is 2. The fraction of sp³-hybridized carbons (Fsp3) is 0.364. The zero-order valence-corrected chi connectivity index (χ0v) is 28.3. The zero-order chi connectivity index (χ0) is 33.0. The van der Waals surface area contributed by atoms with Crippen LogP contribution >= 0.6 is 23.1 Å². The van der Waals surface area contributed by atoms with E-state index in [2.05, 4.69) is 20.8 Å². The number of amides is 2. The van der Waals surface area contributed by atoms with Gasteiger partial charge in [0.15, 0.2) is 22.5 Å². The van der Waals surface area contributed by atoms with E-state index < -0.39 is 11.2 Å². The van der Waals surface area contributed by atoms with Crippen LogP contribution < -0.4 is 20.1 Å². The number of anilines is 1. The highest BCUT2D eigenvalue weighted by Crippen LogP contribution is 2.40. The summed E-state index contributed by atoms with van der Waals surface area (Å²) < 4.78 is 17.8. The SMILES string of the molecule is CCOC(=O)c1c(NC(=O)C(C)Sc2nnc(CNC(=O)c3ccc(OC)c(OC)c3)n2-c2cc(C)ccc2C)sc2c1CCC2. The summed E-state index contributed by atoms with van der Waals surface area (Å²) in [5.74, 6) is 0.465. The van der Waals surface area contributed by atoms with Gasteiger partial charge in [-0.3, -0.25) is 14.2 Å². The second-order valence-electron chi connectivity index (χ2n) is 10.8. The molecule has 0 spiro atoms. The number of aromatic nitrogens is 3. The molecule has 2 heterocycles. The van der Waals surface area contributed by atoms with Crippen molar-refractivity contribution in [3.63, 3.8) is 0 Å². The van der Waals surface area contributed by atoms with Crippen LogP contribution in [0.25, 0.3) is 5.69 Å². The van der Waals surface area contributed by atoms with Gasteiger partial charge in [0.1, 0.15) is 5.00 Å². The summed E-state index contributed by atoms with van der Waals surface area (Å²) in [4.78, 5) is 40.6. The van der Waals surface area contributed by atoms with E-state index in [-0.39, 0.29) is 25.0 Å². The molecule has 1 unspecified atom stereocenters. The Bertz CT molecular complexity index is 1780. The molecule has 1 atom stereocenters.